The number of carbonyl (C=O) groups excluding carboxylic acids is 1. The highest BCUT2D eigenvalue weighted by molar-refractivity contribution is 6.02. The highest BCUT2D eigenvalue weighted by Crippen LogP contribution is 2.53. The van der Waals surface area contributed by atoms with E-state index in [0.717, 1.165) is 29.8 Å². The van der Waals surface area contributed by atoms with Crippen molar-refractivity contribution in [1.82, 2.24) is 9.78 Å². The van der Waals surface area contributed by atoms with Crippen molar-refractivity contribution in [2.45, 2.75) is 25.2 Å². The van der Waals surface area contributed by atoms with Gasteiger partial charge in [-0.05, 0) is 48.1 Å². The second-order valence-electron chi connectivity index (χ2n) is 7.25. The van der Waals surface area contributed by atoms with Crippen LogP contribution in [-0.2, 0) is 23.7 Å². The van der Waals surface area contributed by atoms with E-state index in [1.807, 2.05) is 49.0 Å². The molecule has 132 valence electrons. The molecular weight excluding hydrogens is 326 g/mol. The lowest BCUT2D eigenvalue weighted by molar-refractivity contribution is -0.121. The van der Waals surface area contributed by atoms with Crippen molar-refractivity contribution in [2.75, 3.05) is 7.11 Å². The maximum absolute atomic E-state index is 12.7. The number of hydrogen-bond donors (Lipinski definition) is 0. The normalized spacial score (nSPS) is 27.2. The van der Waals surface area contributed by atoms with Crippen molar-refractivity contribution in [3.8, 4) is 11.8 Å². The fraction of sp³-hybridized carbons (Fsp3) is 0.381. The Bertz CT molecular complexity index is 966. The van der Waals surface area contributed by atoms with Crippen molar-refractivity contribution in [3.05, 3.63) is 58.9 Å². The molecule has 0 N–H and O–H groups in total. The first-order valence-electron chi connectivity index (χ1n) is 8.86. The maximum atomic E-state index is 12.7. The van der Waals surface area contributed by atoms with Crippen LogP contribution in [0.25, 0.3) is 0 Å². The minimum Gasteiger partial charge on any atom is -0.497 e. The van der Waals surface area contributed by atoms with Gasteiger partial charge in [-0.3, -0.25) is 9.48 Å². The smallest absolute Gasteiger partial charge is 0.176 e. The summed E-state index contributed by atoms with van der Waals surface area (Å²) in [5, 5.41) is 14.4. The second kappa shape index (κ2) is 5.84. The summed E-state index contributed by atoms with van der Waals surface area (Å²) in [5.74, 6) is 0.545. The molecule has 2 aliphatic rings. The molecule has 0 saturated carbocycles. The predicted octanol–water partition coefficient (Wildman–Crippen LogP) is 2.95. The summed E-state index contributed by atoms with van der Waals surface area (Å²) in [4.78, 5) is 12.7. The third kappa shape index (κ3) is 2.15. The monoisotopic (exact) mass is 347 g/mol. The number of benzene rings is 1. The third-order valence-corrected chi connectivity index (χ3v) is 5.93. The topological polar surface area (TPSA) is 67.9 Å². The van der Waals surface area contributed by atoms with Crippen LogP contribution >= 0.6 is 0 Å². The fourth-order valence-corrected chi connectivity index (χ4v) is 4.73. The van der Waals surface area contributed by atoms with Gasteiger partial charge in [0, 0.05) is 19.2 Å². The van der Waals surface area contributed by atoms with Gasteiger partial charge in [-0.2, -0.15) is 10.4 Å². The highest BCUT2D eigenvalue weighted by Gasteiger charge is 2.53. The van der Waals surface area contributed by atoms with E-state index in [2.05, 4.69) is 12.3 Å². The third-order valence-electron chi connectivity index (χ3n) is 5.93. The van der Waals surface area contributed by atoms with E-state index in [1.165, 1.54) is 5.56 Å². The van der Waals surface area contributed by atoms with E-state index in [0.29, 0.717) is 0 Å². The summed E-state index contributed by atoms with van der Waals surface area (Å²) < 4.78 is 7.27. The molecule has 1 heterocycles. The zero-order valence-corrected chi connectivity index (χ0v) is 15.2. The molecule has 26 heavy (non-hydrogen) atoms. The summed E-state index contributed by atoms with van der Waals surface area (Å²) in [6.45, 7) is 1.94. The molecule has 0 spiro atoms. The second-order valence-corrected chi connectivity index (χ2v) is 7.25. The van der Waals surface area contributed by atoms with Crippen LogP contribution in [0.2, 0.25) is 0 Å². The molecule has 0 fully saturated rings. The van der Waals surface area contributed by atoms with E-state index >= 15 is 0 Å². The number of fused-ring (bicyclic) bond motifs is 3. The molecular formula is C21H21N3O2. The van der Waals surface area contributed by atoms with Crippen molar-refractivity contribution >= 4 is 5.78 Å². The molecule has 5 nitrogen and oxygen atoms in total. The number of nitriles is 1. The van der Waals surface area contributed by atoms with Gasteiger partial charge < -0.3 is 4.74 Å². The van der Waals surface area contributed by atoms with Crippen LogP contribution in [0.3, 0.4) is 0 Å². The Balaban J connectivity index is 2.08. The lowest BCUT2D eigenvalue weighted by Crippen LogP contribution is -2.48. The average Bonchev–Trinajstić information content (AvgIpc) is 3.05. The van der Waals surface area contributed by atoms with Crippen molar-refractivity contribution < 1.29 is 9.53 Å². The lowest BCUT2D eigenvalue weighted by Gasteiger charge is -2.46. The largest absolute Gasteiger partial charge is 0.497 e. The number of allylic oxidation sites excluding steroid dienone is 2. The van der Waals surface area contributed by atoms with Crippen molar-refractivity contribution in [1.29, 1.82) is 5.26 Å². The van der Waals surface area contributed by atoms with E-state index in [9.17, 15) is 10.1 Å². The van der Waals surface area contributed by atoms with Crippen molar-refractivity contribution in [2.24, 2.45) is 18.9 Å². The number of aromatic nitrogens is 2. The molecule has 1 aromatic carbocycles. The Morgan fingerprint density at radius 1 is 1.42 bits per heavy atom. The molecule has 0 unspecified atom stereocenters. The average molecular weight is 347 g/mol. The van der Waals surface area contributed by atoms with Crippen molar-refractivity contribution in [3.63, 3.8) is 0 Å². The Morgan fingerprint density at radius 3 is 2.96 bits per heavy atom. The first-order chi connectivity index (χ1) is 12.5. The van der Waals surface area contributed by atoms with E-state index in [-0.39, 0.29) is 23.2 Å². The number of Topliss-reactive ketones (excluding diaryl/α,β-unsaturated/α-hetero) is 1. The van der Waals surface area contributed by atoms with Gasteiger partial charge in [0.1, 0.15) is 11.8 Å². The predicted molar refractivity (Wildman–Crippen MR) is 96.7 cm³/mol. The number of ketones is 1. The van der Waals surface area contributed by atoms with Gasteiger partial charge in [-0.15, -0.1) is 0 Å². The first kappa shape index (κ1) is 16.6. The van der Waals surface area contributed by atoms with Crippen LogP contribution in [-0.4, -0.2) is 22.7 Å². The molecule has 0 amide bonds. The Morgan fingerprint density at radius 2 is 2.23 bits per heavy atom. The van der Waals surface area contributed by atoms with Gasteiger partial charge in [0.05, 0.1) is 23.8 Å². The molecule has 5 heteroatoms. The zero-order chi connectivity index (χ0) is 18.5. The summed E-state index contributed by atoms with van der Waals surface area (Å²) in [6.07, 6.45) is 5.69. The van der Waals surface area contributed by atoms with Gasteiger partial charge in [-0.25, -0.2) is 0 Å². The van der Waals surface area contributed by atoms with Gasteiger partial charge in [0.25, 0.3) is 0 Å². The summed E-state index contributed by atoms with van der Waals surface area (Å²) in [5.41, 5.74) is 2.81. The lowest BCUT2D eigenvalue weighted by atomic mass is 9.54. The quantitative estimate of drug-likeness (QED) is 0.838. The zero-order valence-electron chi connectivity index (χ0n) is 15.2. The number of aryl methyl sites for hydroxylation is 2. The molecule has 1 aromatic heterocycles. The molecule has 3 atom stereocenters. The number of carbonyl (C=O) groups is 1. The molecule has 2 aromatic rings. The number of methoxy groups -OCH3 is 1. The first-order valence-corrected chi connectivity index (χ1v) is 8.86. The Labute approximate surface area is 152 Å². The maximum Gasteiger partial charge on any atom is 0.176 e. The van der Waals surface area contributed by atoms with E-state index in [1.54, 1.807) is 7.11 Å². The van der Waals surface area contributed by atoms with E-state index in [4.69, 9.17) is 9.84 Å². The highest BCUT2D eigenvalue weighted by atomic mass is 16.5. The van der Waals surface area contributed by atoms with Gasteiger partial charge in [0.15, 0.2) is 5.78 Å². The molecule has 2 aliphatic carbocycles. The van der Waals surface area contributed by atoms with Crippen LogP contribution in [0.4, 0.5) is 0 Å². The van der Waals surface area contributed by atoms with Crippen LogP contribution in [0.5, 0.6) is 5.75 Å². The van der Waals surface area contributed by atoms with Gasteiger partial charge >= 0.3 is 0 Å². The van der Waals surface area contributed by atoms with E-state index < -0.39 is 5.41 Å². The summed E-state index contributed by atoms with van der Waals surface area (Å²) in [6, 6.07) is 10.0. The van der Waals surface area contributed by atoms with Gasteiger partial charge in [-0.1, -0.05) is 19.1 Å². The minimum absolute atomic E-state index is 0.0598. The molecule has 0 bridgehead atoms. The van der Waals surface area contributed by atoms with Crippen LogP contribution < -0.4 is 4.74 Å². The number of ether oxygens (including phenoxy) is 1. The molecule has 0 aliphatic heterocycles. The minimum atomic E-state index is -0.582. The molecule has 0 saturated heterocycles. The molecule has 4 rings (SSSR count). The Kier molecular flexibility index (Phi) is 3.73. The summed E-state index contributed by atoms with van der Waals surface area (Å²) in [7, 11) is 3.56. The standard InChI is InChI=1S/C21H21N3O2/c1-13-18-8-7-14-12-24(2)23-20(14)21(18,10-15(11-22)19(13)25)16-5-4-6-17(9-16)26-3/h4-6,9-10,12-13,18H,7-8H2,1-3H3/t13-,18-,21-/m0/s1. The van der Waals surface area contributed by atoms with Crippen LogP contribution in [0.1, 0.15) is 30.2 Å². The number of hydrogen-bond acceptors (Lipinski definition) is 4. The fourth-order valence-electron chi connectivity index (χ4n) is 4.73. The SMILES string of the molecule is COc1cccc([C@@]23C=C(C#N)C(=O)[C@@H](C)[C@@H]2CCc2cn(C)nc23)c1. The number of rotatable bonds is 2. The Hall–Kier alpha value is -2.87. The van der Waals surface area contributed by atoms with Crippen LogP contribution in [0, 0.1) is 23.2 Å². The molecule has 0 radical (unpaired) electrons. The van der Waals surface area contributed by atoms with Crippen LogP contribution in [0.15, 0.2) is 42.1 Å². The number of nitrogens with zero attached hydrogens (tertiary/aromatic N) is 3. The summed E-state index contributed by atoms with van der Waals surface area (Å²) >= 11 is 0. The van der Waals surface area contributed by atoms with Gasteiger partial charge in [0.2, 0.25) is 0 Å².